The molecule has 0 aliphatic carbocycles. The molecule has 0 radical (unpaired) electrons. The van der Waals surface area contributed by atoms with Gasteiger partial charge in [-0.05, 0) is 12.8 Å². The van der Waals surface area contributed by atoms with Crippen molar-refractivity contribution in [1.82, 2.24) is 5.32 Å². The van der Waals surface area contributed by atoms with E-state index in [1.54, 1.807) is 0 Å². The van der Waals surface area contributed by atoms with E-state index in [0.29, 0.717) is 5.96 Å². The van der Waals surface area contributed by atoms with Crippen LogP contribution in [0.5, 0.6) is 0 Å². The molecule has 0 saturated heterocycles. The zero-order chi connectivity index (χ0) is 11.5. The van der Waals surface area contributed by atoms with Crippen LogP contribution >= 0.6 is 24.0 Å². The summed E-state index contributed by atoms with van der Waals surface area (Å²) in [5.41, 5.74) is 5.67. The van der Waals surface area contributed by atoms with Gasteiger partial charge in [-0.1, -0.05) is 33.1 Å². The maximum atomic E-state index is 8.94. The maximum absolute atomic E-state index is 8.94. The largest absolute Gasteiger partial charge is 0.394 e. The van der Waals surface area contributed by atoms with Crippen molar-refractivity contribution in [3.8, 4) is 0 Å². The van der Waals surface area contributed by atoms with Gasteiger partial charge in [0.25, 0.3) is 0 Å². The Bertz CT molecular complexity index is 173. The fourth-order valence-electron chi connectivity index (χ4n) is 1.27. The van der Waals surface area contributed by atoms with Crippen LogP contribution in [0.4, 0.5) is 0 Å². The van der Waals surface area contributed by atoms with Gasteiger partial charge in [-0.3, -0.25) is 4.99 Å². The van der Waals surface area contributed by atoms with Crippen molar-refractivity contribution in [2.24, 2.45) is 10.7 Å². The number of aliphatic hydroxyl groups is 1. The molecule has 1 atom stereocenters. The molecule has 0 aliphatic rings. The predicted molar refractivity (Wildman–Crippen MR) is 80.3 cm³/mol. The van der Waals surface area contributed by atoms with Gasteiger partial charge < -0.3 is 16.2 Å². The number of hydrogen-bond acceptors (Lipinski definition) is 2. The van der Waals surface area contributed by atoms with Crippen molar-refractivity contribution < 1.29 is 5.11 Å². The molecular formula is C11H26IN3O. The Hall–Kier alpha value is -0.0400. The lowest BCUT2D eigenvalue weighted by molar-refractivity contribution is 0.252. The summed E-state index contributed by atoms with van der Waals surface area (Å²) < 4.78 is 0. The molecule has 0 aliphatic heterocycles. The van der Waals surface area contributed by atoms with E-state index in [1.807, 2.05) is 6.92 Å². The summed E-state index contributed by atoms with van der Waals surface area (Å²) in [5, 5.41) is 11.9. The molecule has 4 nitrogen and oxygen atoms in total. The third-order valence-corrected chi connectivity index (χ3v) is 2.36. The summed E-state index contributed by atoms with van der Waals surface area (Å²) in [6, 6.07) is 0.0318. The number of guanidine groups is 1. The molecule has 98 valence electrons. The Morgan fingerprint density at radius 2 is 2.00 bits per heavy atom. The van der Waals surface area contributed by atoms with Gasteiger partial charge >= 0.3 is 0 Å². The van der Waals surface area contributed by atoms with Crippen molar-refractivity contribution in [2.75, 3.05) is 13.2 Å². The second-order valence-corrected chi connectivity index (χ2v) is 3.76. The fraction of sp³-hybridized carbons (Fsp3) is 0.909. The summed E-state index contributed by atoms with van der Waals surface area (Å²) in [5.74, 6) is 0.451. The van der Waals surface area contributed by atoms with Crippen molar-refractivity contribution in [3.05, 3.63) is 0 Å². The van der Waals surface area contributed by atoms with E-state index in [1.165, 1.54) is 19.3 Å². The molecule has 0 heterocycles. The molecule has 0 saturated carbocycles. The lowest BCUT2D eigenvalue weighted by Crippen LogP contribution is -2.41. The van der Waals surface area contributed by atoms with Crippen molar-refractivity contribution in [3.63, 3.8) is 0 Å². The highest BCUT2D eigenvalue weighted by atomic mass is 127. The van der Waals surface area contributed by atoms with E-state index in [0.717, 1.165) is 19.4 Å². The average Bonchev–Trinajstić information content (AvgIpc) is 2.25. The maximum Gasteiger partial charge on any atom is 0.188 e. The van der Waals surface area contributed by atoms with Crippen LogP contribution in [0.3, 0.4) is 0 Å². The Balaban J connectivity index is 0. The second-order valence-electron chi connectivity index (χ2n) is 3.76. The first kappa shape index (κ1) is 18.3. The van der Waals surface area contributed by atoms with Crippen LogP contribution in [0.2, 0.25) is 0 Å². The van der Waals surface area contributed by atoms with Gasteiger partial charge in [0.2, 0.25) is 0 Å². The van der Waals surface area contributed by atoms with Crippen LogP contribution in [0.1, 0.15) is 46.0 Å². The van der Waals surface area contributed by atoms with Crippen LogP contribution in [0, 0.1) is 0 Å². The molecule has 4 N–H and O–H groups in total. The second kappa shape index (κ2) is 13.0. The number of halogens is 1. The van der Waals surface area contributed by atoms with Crippen LogP contribution < -0.4 is 11.1 Å². The van der Waals surface area contributed by atoms with Crippen LogP contribution in [-0.2, 0) is 0 Å². The molecule has 5 heteroatoms. The molecule has 0 aromatic rings. The van der Waals surface area contributed by atoms with Crippen molar-refractivity contribution in [2.45, 2.75) is 52.0 Å². The van der Waals surface area contributed by atoms with Crippen LogP contribution in [0.15, 0.2) is 4.99 Å². The standard InChI is InChI=1S/C11H25N3O.HI/c1-3-5-6-7-8-13-11(12)14-10(4-2)9-15;/h10,15H,3-9H2,1-2H3,(H3,12,13,14);1H/t10-;/m1./s1. The quantitative estimate of drug-likeness (QED) is 0.273. The molecule has 0 bridgehead atoms. The number of aliphatic hydroxyl groups excluding tert-OH is 1. The van der Waals surface area contributed by atoms with Gasteiger partial charge in [-0.25, -0.2) is 0 Å². The zero-order valence-electron chi connectivity index (χ0n) is 10.4. The minimum atomic E-state index is 0. The Morgan fingerprint density at radius 3 is 2.50 bits per heavy atom. The van der Waals surface area contributed by atoms with E-state index in [-0.39, 0.29) is 36.6 Å². The summed E-state index contributed by atoms with van der Waals surface area (Å²) in [6.07, 6.45) is 5.65. The highest BCUT2D eigenvalue weighted by Gasteiger charge is 2.03. The van der Waals surface area contributed by atoms with Gasteiger partial charge in [0.15, 0.2) is 5.96 Å². The lowest BCUT2D eigenvalue weighted by Gasteiger charge is -2.14. The van der Waals surface area contributed by atoms with Crippen molar-refractivity contribution in [1.29, 1.82) is 0 Å². The monoisotopic (exact) mass is 343 g/mol. The molecule has 0 unspecified atom stereocenters. The first-order chi connectivity index (χ1) is 7.24. The Labute approximate surface area is 116 Å². The summed E-state index contributed by atoms with van der Waals surface area (Å²) in [6.45, 7) is 5.07. The van der Waals surface area contributed by atoms with Crippen molar-refractivity contribution >= 4 is 29.9 Å². The fourth-order valence-corrected chi connectivity index (χ4v) is 1.27. The molecule has 0 fully saturated rings. The van der Waals surface area contributed by atoms with Gasteiger partial charge in [-0.2, -0.15) is 0 Å². The lowest BCUT2D eigenvalue weighted by atomic mass is 10.2. The van der Waals surface area contributed by atoms with E-state index in [2.05, 4.69) is 17.2 Å². The molecule has 0 aromatic heterocycles. The average molecular weight is 343 g/mol. The number of unbranched alkanes of at least 4 members (excludes halogenated alkanes) is 3. The topological polar surface area (TPSA) is 70.6 Å². The van der Waals surface area contributed by atoms with Gasteiger partial charge in [0.05, 0.1) is 12.6 Å². The predicted octanol–water partition coefficient (Wildman–Crippen LogP) is 1.86. The zero-order valence-corrected chi connectivity index (χ0v) is 12.7. The number of nitrogens with zero attached hydrogens (tertiary/aromatic N) is 1. The van der Waals surface area contributed by atoms with E-state index in [9.17, 15) is 0 Å². The molecule has 16 heavy (non-hydrogen) atoms. The first-order valence-electron chi connectivity index (χ1n) is 5.91. The highest BCUT2D eigenvalue weighted by Crippen LogP contribution is 1.98. The highest BCUT2D eigenvalue weighted by molar-refractivity contribution is 14.0. The Kier molecular flexibility index (Phi) is 14.9. The van der Waals surface area contributed by atoms with E-state index >= 15 is 0 Å². The number of hydrogen-bond donors (Lipinski definition) is 3. The molecule has 0 aromatic carbocycles. The number of nitrogens with one attached hydrogen (secondary N) is 1. The third-order valence-electron chi connectivity index (χ3n) is 2.36. The number of rotatable bonds is 8. The third kappa shape index (κ3) is 10.5. The van der Waals surface area contributed by atoms with E-state index in [4.69, 9.17) is 10.8 Å². The van der Waals surface area contributed by atoms with Crippen LogP contribution in [0.25, 0.3) is 0 Å². The molecule has 0 rings (SSSR count). The summed E-state index contributed by atoms with van der Waals surface area (Å²) in [7, 11) is 0. The summed E-state index contributed by atoms with van der Waals surface area (Å²) >= 11 is 0. The van der Waals surface area contributed by atoms with Gasteiger partial charge in [0.1, 0.15) is 0 Å². The number of nitrogens with two attached hydrogens (primary N) is 1. The van der Waals surface area contributed by atoms with E-state index < -0.39 is 0 Å². The smallest absolute Gasteiger partial charge is 0.188 e. The molecule has 0 spiro atoms. The first-order valence-corrected chi connectivity index (χ1v) is 5.91. The normalized spacial score (nSPS) is 13.1. The SMILES string of the molecule is CCCCCCN=C(N)N[C@H](CC)CO.I. The Morgan fingerprint density at radius 1 is 1.31 bits per heavy atom. The minimum absolute atomic E-state index is 0. The van der Waals surface area contributed by atoms with Crippen LogP contribution in [-0.4, -0.2) is 30.3 Å². The summed E-state index contributed by atoms with van der Waals surface area (Å²) in [4.78, 5) is 4.20. The number of aliphatic imine (C=N–C) groups is 1. The van der Waals surface area contributed by atoms with Gasteiger partial charge in [-0.15, -0.1) is 24.0 Å². The minimum Gasteiger partial charge on any atom is -0.394 e. The molecule has 0 amide bonds. The van der Waals surface area contributed by atoms with Gasteiger partial charge in [0, 0.05) is 6.54 Å². The molecular weight excluding hydrogens is 317 g/mol.